The van der Waals surface area contributed by atoms with Gasteiger partial charge in [0, 0.05) is 61.8 Å². The summed E-state index contributed by atoms with van der Waals surface area (Å²) in [4.78, 5) is 29.7. The van der Waals surface area contributed by atoms with Gasteiger partial charge < -0.3 is 25.2 Å². The molecule has 2 amide bonds. The third kappa shape index (κ3) is 5.66. The molecule has 2 aliphatic heterocycles. The number of fused-ring (bicyclic) bond motifs is 2. The normalized spacial score (nSPS) is 25.0. The van der Waals surface area contributed by atoms with Crippen molar-refractivity contribution in [1.82, 2.24) is 24.0 Å². The van der Waals surface area contributed by atoms with E-state index in [4.69, 9.17) is 10.8 Å². The number of alkyl halides is 3. The molecule has 4 fully saturated rings. The molecule has 0 unspecified atom stereocenters. The Morgan fingerprint density at radius 3 is 2.44 bits per heavy atom. The van der Waals surface area contributed by atoms with Crippen LogP contribution in [-0.4, -0.2) is 84.9 Å². The monoisotopic (exact) mass is 694 g/mol. The van der Waals surface area contributed by atoms with Crippen molar-refractivity contribution >= 4 is 28.2 Å². The number of para-hydroxylation sites is 1. The Hall–Kier alpha value is -3.97. The summed E-state index contributed by atoms with van der Waals surface area (Å²) in [6.45, 7) is 4.54. The first kappa shape index (κ1) is 33.2. The van der Waals surface area contributed by atoms with Crippen LogP contribution in [0.2, 0.25) is 0 Å². The minimum atomic E-state index is -4.73. The van der Waals surface area contributed by atoms with Crippen molar-refractivity contribution in [3.8, 4) is 11.4 Å². The number of hydrogen-bond donors (Lipinski definition) is 2. The second-order valence-electron chi connectivity index (χ2n) is 15.1. The van der Waals surface area contributed by atoms with E-state index in [1.165, 1.54) is 10.6 Å². The molecule has 50 heavy (non-hydrogen) atoms. The number of aryl methyl sites for hydroxylation is 1. The summed E-state index contributed by atoms with van der Waals surface area (Å²) >= 11 is 0. The van der Waals surface area contributed by atoms with Gasteiger partial charge in [0.1, 0.15) is 17.0 Å². The van der Waals surface area contributed by atoms with E-state index in [0.717, 1.165) is 54.4 Å². The quantitative estimate of drug-likeness (QED) is 0.249. The van der Waals surface area contributed by atoms with Crippen LogP contribution in [0.15, 0.2) is 36.5 Å². The summed E-state index contributed by atoms with van der Waals surface area (Å²) in [5.41, 5.74) is 8.35. The third-order valence-corrected chi connectivity index (χ3v) is 11.5. The zero-order chi connectivity index (χ0) is 35.1. The maximum Gasteiger partial charge on any atom is 0.417 e. The molecule has 9 nitrogen and oxygen atoms in total. The van der Waals surface area contributed by atoms with Gasteiger partial charge in [-0.15, -0.1) is 0 Å². The number of amides is 2. The van der Waals surface area contributed by atoms with Crippen LogP contribution < -0.4 is 5.73 Å². The Balaban J connectivity index is 1.09. The summed E-state index contributed by atoms with van der Waals surface area (Å²) in [7, 11) is 0. The highest BCUT2D eigenvalue weighted by Gasteiger charge is 2.63. The second-order valence-corrected chi connectivity index (χ2v) is 15.1. The Kier molecular flexibility index (Phi) is 8.01. The van der Waals surface area contributed by atoms with Crippen molar-refractivity contribution in [2.75, 3.05) is 26.2 Å². The maximum atomic E-state index is 15.8. The lowest BCUT2D eigenvalue weighted by molar-refractivity contribution is -0.296. The molecule has 4 aliphatic rings. The smallest absolute Gasteiger partial charge is 0.380 e. The lowest BCUT2D eigenvalue weighted by Crippen LogP contribution is -2.59. The molecular weight excluding hydrogens is 652 g/mol. The predicted octanol–water partition coefficient (Wildman–Crippen LogP) is 5.79. The number of nitrogens with zero attached hydrogens (tertiary/aromatic N) is 5. The molecule has 1 aromatic carbocycles. The van der Waals surface area contributed by atoms with Crippen molar-refractivity contribution in [3.63, 3.8) is 0 Å². The van der Waals surface area contributed by atoms with Gasteiger partial charge in [-0.25, -0.2) is 8.91 Å². The van der Waals surface area contributed by atoms with Crippen LogP contribution in [0.25, 0.3) is 27.8 Å². The molecule has 1 atom stereocenters. The number of aromatic nitrogens is 3. The van der Waals surface area contributed by atoms with Crippen LogP contribution in [0.4, 0.5) is 17.6 Å². The van der Waals surface area contributed by atoms with Crippen molar-refractivity contribution < 1.29 is 32.3 Å². The summed E-state index contributed by atoms with van der Waals surface area (Å²) in [5, 5.41) is 15.8. The first-order chi connectivity index (χ1) is 23.8. The van der Waals surface area contributed by atoms with E-state index < -0.39 is 36.4 Å². The zero-order valence-electron chi connectivity index (χ0n) is 28.1. The van der Waals surface area contributed by atoms with Gasteiger partial charge in [0.25, 0.3) is 5.91 Å². The van der Waals surface area contributed by atoms with Crippen molar-refractivity contribution in [3.05, 3.63) is 59.0 Å². The zero-order valence-corrected chi connectivity index (χ0v) is 28.1. The number of hydrogen-bond acceptors (Lipinski definition) is 5. The summed E-state index contributed by atoms with van der Waals surface area (Å²) in [5.74, 6) is -1.24. The minimum absolute atomic E-state index is 0.0926. The number of nitrogens with two attached hydrogens (primary N) is 1. The number of carbonyl (C=O) groups excluding carboxylic acids is 2. The van der Waals surface area contributed by atoms with Crippen LogP contribution in [0, 0.1) is 24.6 Å². The Bertz CT molecular complexity index is 1980. The highest BCUT2D eigenvalue weighted by atomic mass is 19.4. The summed E-state index contributed by atoms with van der Waals surface area (Å²) in [6.07, 6.45) is 0.965. The first-order valence-electron chi connectivity index (χ1n) is 17.7. The van der Waals surface area contributed by atoms with Crippen molar-refractivity contribution in [1.29, 1.82) is 0 Å². The predicted molar refractivity (Wildman–Crippen MR) is 179 cm³/mol. The van der Waals surface area contributed by atoms with E-state index in [-0.39, 0.29) is 29.3 Å². The maximum absolute atomic E-state index is 15.8. The standard InChI is InChI=1S/C37H42F4N6O3/c1-21-31(43-47-19-25(14-29(38)32(21)47)34(48)45-11-3-5-27(42)20-45)30-15-24-4-2-6-28(33(24)46(30)18-22-7-8-22)23-9-12-44(13-10-23)35(49)26-16-36(50,17-26)37(39,40)41/h2,4,6,14-15,19,22-23,26-27,50H,3,5,7-13,16-18,20,42H2,1H3/t26?,27-,36?/m1/s1. The number of aliphatic hydroxyl groups is 1. The van der Waals surface area contributed by atoms with Crippen LogP contribution in [0.1, 0.15) is 78.8 Å². The molecule has 0 bridgehead atoms. The topological polar surface area (TPSA) is 109 Å². The van der Waals surface area contributed by atoms with Gasteiger partial charge >= 0.3 is 6.18 Å². The van der Waals surface area contributed by atoms with Crippen molar-refractivity contribution in [2.45, 2.75) is 88.6 Å². The number of halogens is 4. The number of carbonyl (C=O) groups is 2. The molecule has 5 heterocycles. The number of piperidine rings is 2. The fourth-order valence-corrected chi connectivity index (χ4v) is 8.47. The molecule has 2 saturated carbocycles. The van der Waals surface area contributed by atoms with E-state index in [1.54, 1.807) is 16.0 Å². The van der Waals surface area contributed by atoms with E-state index in [2.05, 4.69) is 22.8 Å². The number of rotatable bonds is 6. The Labute approximate surface area is 287 Å². The number of benzene rings is 1. The molecule has 8 rings (SSSR count). The summed E-state index contributed by atoms with van der Waals surface area (Å²) < 4.78 is 59.0. The lowest BCUT2D eigenvalue weighted by Gasteiger charge is -2.45. The third-order valence-electron chi connectivity index (χ3n) is 11.5. The molecule has 0 radical (unpaired) electrons. The Morgan fingerprint density at radius 1 is 1.02 bits per heavy atom. The number of pyridine rings is 1. The molecule has 0 spiro atoms. The van der Waals surface area contributed by atoms with Crippen LogP contribution >= 0.6 is 0 Å². The van der Waals surface area contributed by atoms with E-state index >= 15 is 4.39 Å². The average molecular weight is 695 g/mol. The molecule has 2 saturated heterocycles. The highest BCUT2D eigenvalue weighted by molar-refractivity contribution is 5.95. The largest absolute Gasteiger partial charge is 0.417 e. The minimum Gasteiger partial charge on any atom is -0.380 e. The number of likely N-dealkylation sites (tertiary alicyclic amines) is 2. The SMILES string of the molecule is Cc1c(-c2cc3cccc(C4CCN(C(=O)C5CC(O)(C(F)(F)F)C5)CC4)c3n2CC2CC2)nn2cc(C(=O)N3CCC[C@@H](N)C3)cc(F)c12. The summed E-state index contributed by atoms with van der Waals surface area (Å²) in [6, 6.07) is 9.51. The van der Waals surface area contributed by atoms with Gasteiger partial charge in [-0.05, 0) is 87.8 Å². The molecule has 2 aliphatic carbocycles. The van der Waals surface area contributed by atoms with Crippen LogP contribution in [0.3, 0.4) is 0 Å². The van der Waals surface area contributed by atoms with Gasteiger partial charge in [-0.1, -0.05) is 18.2 Å². The molecule has 3 aromatic heterocycles. The average Bonchev–Trinajstić information content (AvgIpc) is 3.73. The van der Waals surface area contributed by atoms with E-state index in [9.17, 15) is 27.9 Å². The lowest BCUT2D eigenvalue weighted by atomic mass is 9.69. The molecule has 4 aromatic rings. The fourth-order valence-electron chi connectivity index (χ4n) is 8.47. The first-order valence-corrected chi connectivity index (χ1v) is 17.7. The second kappa shape index (κ2) is 12.1. The van der Waals surface area contributed by atoms with Crippen molar-refractivity contribution in [2.24, 2.45) is 17.6 Å². The Morgan fingerprint density at radius 2 is 1.76 bits per heavy atom. The van der Waals surface area contributed by atoms with Gasteiger partial charge in [0.2, 0.25) is 5.91 Å². The van der Waals surface area contributed by atoms with Crippen LogP contribution in [-0.2, 0) is 11.3 Å². The molecule has 266 valence electrons. The van der Waals surface area contributed by atoms with E-state index in [0.29, 0.717) is 61.7 Å². The van der Waals surface area contributed by atoms with Crippen LogP contribution in [0.5, 0.6) is 0 Å². The van der Waals surface area contributed by atoms with Gasteiger partial charge in [0.15, 0.2) is 5.60 Å². The van der Waals surface area contributed by atoms with Gasteiger partial charge in [-0.2, -0.15) is 18.3 Å². The van der Waals surface area contributed by atoms with E-state index in [1.807, 2.05) is 13.0 Å². The molecule has 3 N–H and O–H groups in total. The molecule has 13 heteroatoms. The fraction of sp³-hybridized carbons (Fsp3) is 0.541. The highest BCUT2D eigenvalue weighted by Crippen LogP contribution is 2.49. The van der Waals surface area contributed by atoms with Gasteiger partial charge in [-0.3, -0.25) is 9.59 Å². The molecular formula is C37H42F4N6O3. The van der Waals surface area contributed by atoms with Gasteiger partial charge in [0.05, 0.1) is 16.8 Å².